The van der Waals surface area contributed by atoms with Crippen LogP contribution in [-0.4, -0.2) is 34.7 Å². The highest BCUT2D eigenvalue weighted by Gasteiger charge is 2.57. The van der Waals surface area contributed by atoms with Crippen molar-refractivity contribution in [3.05, 3.63) is 40.4 Å². The molecule has 126 valence electrons. The number of nitrogens with zero attached hydrogens (tertiary/aromatic N) is 2. The molecule has 0 saturated heterocycles. The number of aromatic nitrogens is 2. The quantitative estimate of drug-likeness (QED) is 0.617. The third-order valence-corrected chi connectivity index (χ3v) is 4.20. The summed E-state index contributed by atoms with van der Waals surface area (Å²) in [5.74, 6) is -1.35. The van der Waals surface area contributed by atoms with Gasteiger partial charge in [-0.05, 0) is 32.4 Å². The molecule has 1 aliphatic heterocycles. The average molecular weight is 330 g/mol. The Labute approximate surface area is 138 Å². The molecule has 0 fully saturated rings. The van der Waals surface area contributed by atoms with Crippen LogP contribution in [0.1, 0.15) is 26.1 Å². The Kier molecular flexibility index (Phi) is 4.09. The van der Waals surface area contributed by atoms with E-state index >= 15 is 0 Å². The normalized spacial score (nSPS) is 15.1. The largest absolute Gasteiger partial charge is 0.465 e. The highest BCUT2D eigenvalue weighted by Crippen LogP contribution is 2.36. The number of para-hydroxylation sites is 1. The van der Waals surface area contributed by atoms with Gasteiger partial charge in [0.2, 0.25) is 5.41 Å². The van der Waals surface area contributed by atoms with Gasteiger partial charge in [-0.3, -0.25) is 19.0 Å². The van der Waals surface area contributed by atoms with Crippen molar-refractivity contribution in [2.45, 2.75) is 32.2 Å². The molecule has 0 aliphatic carbocycles. The molecule has 1 aromatic heterocycles. The van der Waals surface area contributed by atoms with E-state index in [9.17, 15) is 14.4 Å². The molecule has 3 rings (SSSR count). The maximum Gasteiger partial charge on any atom is 0.331 e. The van der Waals surface area contributed by atoms with Gasteiger partial charge in [0.25, 0.3) is 5.56 Å². The van der Waals surface area contributed by atoms with Crippen LogP contribution in [0, 0.1) is 0 Å². The zero-order chi connectivity index (χ0) is 17.3. The van der Waals surface area contributed by atoms with Gasteiger partial charge in [0.1, 0.15) is 5.82 Å². The molecule has 1 aliphatic rings. The molecule has 0 amide bonds. The number of fused-ring (bicyclic) bond motifs is 2. The summed E-state index contributed by atoms with van der Waals surface area (Å²) in [6.07, 6.45) is 0.100. The van der Waals surface area contributed by atoms with Crippen molar-refractivity contribution in [2.24, 2.45) is 0 Å². The smallest absolute Gasteiger partial charge is 0.331 e. The minimum absolute atomic E-state index is 0.100. The van der Waals surface area contributed by atoms with E-state index < -0.39 is 17.4 Å². The molecule has 0 spiro atoms. The number of hydrogen-bond acceptors (Lipinski definition) is 6. The zero-order valence-electron chi connectivity index (χ0n) is 13.6. The van der Waals surface area contributed by atoms with E-state index in [-0.39, 0.29) is 37.6 Å². The first-order valence-corrected chi connectivity index (χ1v) is 7.90. The highest BCUT2D eigenvalue weighted by molar-refractivity contribution is 6.06. The molecule has 2 aromatic rings. The molecular formula is C17H18N2O5. The van der Waals surface area contributed by atoms with Crippen LogP contribution in [0.4, 0.5) is 0 Å². The predicted octanol–water partition coefficient (Wildman–Crippen LogP) is 1.16. The number of ether oxygens (including phenoxy) is 2. The fourth-order valence-corrected chi connectivity index (χ4v) is 3.07. The first kappa shape index (κ1) is 16.2. The molecular weight excluding hydrogens is 312 g/mol. The number of carbonyl (C=O) groups is 2. The van der Waals surface area contributed by atoms with Crippen LogP contribution in [0.2, 0.25) is 0 Å². The summed E-state index contributed by atoms with van der Waals surface area (Å²) in [6, 6.07) is 6.85. The molecule has 1 aromatic carbocycles. The second-order valence-corrected chi connectivity index (χ2v) is 5.51. The summed E-state index contributed by atoms with van der Waals surface area (Å²) < 4.78 is 11.6. The molecule has 24 heavy (non-hydrogen) atoms. The monoisotopic (exact) mass is 330 g/mol. The lowest BCUT2D eigenvalue weighted by Crippen LogP contribution is -2.46. The number of esters is 2. The predicted molar refractivity (Wildman–Crippen MR) is 85.6 cm³/mol. The minimum Gasteiger partial charge on any atom is -0.465 e. The average Bonchev–Trinajstić information content (AvgIpc) is 2.96. The SMILES string of the molecule is CCOC(=O)C1(C(=O)OCC)CCn2c1nc1ccccc1c2=O. The van der Waals surface area contributed by atoms with Crippen molar-refractivity contribution >= 4 is 22.8 Å². The van der Waals surface area contributed by atoms with Gasteiger partial charge in [-0.1, -0.05) is 12.1 Å². The van der Waals surface area contributed by atoms with Crippen LogP contribution < -0.4 is 5.56 Å². The Morgan fingerprint density at radius 3 is 2.42 bits per heavy atom. The minimum atomic E-state index is -1.69. The van der Waals surface area contributed by atoms with Crippen LogP contribution in [0.5, 0.6) is 0 Å². The van der Waals surface area contributed by atoms with E-state index in [2.05, 4.69) is 4.98 Å². The van der Waals surface area contributed by atoms with Crippen LogP contribution in [0.15, 0.2) is 29.1 Å². The standard InChI is InChI=1S/C17H18N2O5/c1-3-23-15(21)17(16(22)24-4-2)9-10-19-13(20)11-7-5-6-8-12(11)18-14(17)19/h5-8H,3-4,9-10H2,1-2H3. The molecule has 7 heteroatoms. The van der Waals surface area contributed by atoms with E-state index in [1.54, 1.807) is 38.1 Å². The molecule has 2 heterocycles. The lowest BCUT2D eigenvalue weighted by atomic mass is 9.85. The number of hydrogen-bond donors (Lipinski definition) is 0. The summed E-state index contributed by atoms with van der Waals surface area (Å²) in [5, 5.41) is 0.449. The van der Waals surface area contributed by atoms with E-state index in [0.29, 0.717) is 10.9 Å². The van der Waals surface area contributed by atoms with Crippen molar-refractivity contribution in [3.63, 3.8) is 0 Å². The topological polar surface area (TPSA) is 87.5 Å². The van der Waals surface area contributed by atoms with Gasteiger partial charge in [0.15, 0.2) is 0 Å². The Hall–Kier alpha value is -2.70. The molecule has 0 unspecified atom stereocenters. The maximum atomic E-state index is 12.7. The van der Waals surface area contributed by atoms with Gasteiger partial charge in [-0.15, -0.1) is 0 Å². The molecule has 0 atom stereocenters. The fraction of sp³-hybridized carbons (Fsp3) is 0.412. The Morgan fingerprint density at radius 2 is 1.79 bits per heavy atom. The Balaban J connectivity index is 2.27. The van der Waals surface area contributed by atoms with Crippen LogP contribution in [0.25, 0.3) is 10.9 Å². The Bertz CT molecular complexity index is 853. The van der Waals surface area contributed by atoms with Gasteiger partial charge in [-0.25, -0.2) is 4.98 Å². The summed E-state index contributed by atoms with van der Waals surface area (Å²) in [6.45, 7) is 3.78. The summed E-state index contributed by atoms with van der Waals surface area (Å²) in [7, 11) is 0. The highest BCUT2D eigenvalue weighted by atomic mass is 16.6. The van der Waals surface area contributed by atoms with Crippen LogP contribution in [0.3, 0.4) is 0 Å². The fourth-order valence-electron chi connectivity index (χ4n) is 3.07. The first-order valence-electron chi connectivity index (χ1n) is 7.90. The molecule has 0 saturated carbocycles. The number of benzene rings is 1. The Morgan fingerprint density at radius 1 is 1.17 bits per heavy atom. The lowest BCUT2D eigenvalue weighted by Gasteiger charge is -2.23. The van der Waals surface area contributed by atoms with Crippen molar-refractivity contribution in [1.29, 1.82) is 0 Å². The third-order valence-electron chi connectivity index (χ3n) is 4.20. The summed E-state index contributed by atoms with van der Waals surface area (Å²) in [4.78, 5) is 42.4. The molecule has 0 bridgehead atoms. The molecule has 0 radical (unpaired) electrons. The molecule has 0 N–H and O–H groups in total. The van der Waals surface area contributed by atoms with E-state index in [4.69, 9.17) is 9.47 Å². The van der Waals surface area contributed by atoms with E-state index in [1.165, 1.54) is 4.57 Å². The van der Waals surface area contributed by atoms with Gasteiger partial charge in [0.05, 0.1) is 24.1 Å². The van der Waals surface area contributed by atoms with Crippen molar-refractivity contribution in [3.8, 4) is 0 Å². The summed E-state index contributed by atoms with van der Waals surface area (Å²) in [5.41, 5.74) is -1.52. The molecule has 7 nitrogen and oxygen atoms in total. The zero-order valence-corrected chi connectivity index (χ0v) is 13.6. The van der Waals surface area contributed by atoms with Gasteiger partial charge in [0, 0.05) is 6.54 Å². The lowest BCUT2D eigenvalue weighted by molar-refractivity contribution is -0.165. The van der Waals surface area contributed by atoms with Gasteiger partial charge in [-0.2, -0.15) is 0 Å². The first-order chi connectivity index (χ1) is 11.6. The van der Waals surface area contributed by atoms with Crippen molar-refractivity contribution in [2.75, 3.05) is 13.2 Å². The van der Waals surface area contributed by atoms with E-state index in [0.717, 1.165) is 0 Å². The number of carbonyl (C=O) groups excluding carboxylic acids is 2. The summed E-state index contributed by atoms with van der Waals surface area (Å²) >= 11 is 0. The van der Waals surface area contributed by atoms with Crippen LogP contribution in [-0.2, 0) is 31.0 Å². The van der Waals surface area contributed by atoms with Gasteiger partial charge >= 0.3 is 11.9 Å². The van der Waals surface area contributed by atoms with E-state index in [1.807, 2.05) is 0 Å². The van der Waals surface area contributed by atoms with Crippen LogP contribution >= 0.6 is 0 Å². The van der Waals surface area contributed by atoms with Gasteiger partial charge < -0.3 is 9.47 Å². The second-order valence-electron chi connectivity index (χ2n) is 5.51. The van der Waals surface area contributed by atoms with Crippen molar-refractivity contribution in [1.82, 2.24) is 9.55 Å². The van der Waals surface area contributed by atoms with Crippen molar-refractivity contribution < 1.29 is 19.1 Å². The number of rotatable bonds is 4. The second kappa shape index (κ2) is 6.07. The third kappa shape index (κ3) is 2.19. The maximum absolute atomic E-state index is 12.7.